The van der Waals surface area contributed by atoms with Crippen LogP contribution < -0.4 is 5.32 Å². The van der Waals surface area contributed by atoms with Crippen LogP contribution in [0.2, 0.25) is 5.02 Å². The molecule has 1 N–H and O–H groups in total. The molecule has 25 heavy (non-hydrogen) atoms. The van der Waals surface area contributed by atoms with Gasteiger partial charge in [-0.2, -0.15) is 0 Å². The molecule has 8 heteroatoms. The molecule has 0 radical (unpaired) electrons. The maximum absolute atomic E-state index is 13.1. The third-order valence-electron chi connectivity index (χ3n) is 3.34. The standard InChI is InChI=1S/C17H12ClF2N3O2/c18-12-4-2-1-3-11(12)17-23-22-16(25-17)8-7-15(24)21-10-5-6-13(19)14(20)9-10/h1-6,9H,7-8H2,(H,21,24). The number of benzene rings is 2. The molecule has 0 spiro atoms. The van der Waals surface area contributed by atoms with Crippen molar-refractivity contribution in [2.24, 2.45) is 0 Å². The summed E-state index contributed by atoms with van der Waals surface area (Å²) in [6, 6.07) is 10.2. The largest absolute Gasteiger partial charge is 0.421 e. The van der Waals surface area contributed by atoms with Gasteiger partial charge in [0.05, 0.1) is 10.6 Å². The Labute approximate surface area is 146 Å². The van der Waals surface area contributed by atoms with Crippen LogP contribution in [0.3, 0.4) is 0 Å². The Kier molecular flexibility index (Phi) is 5.04. The summed E-state index contributed by atoms with van der Waals surface area (Å²) in [5, 5.41) is 10.7. The van der Waals surface area contributed by atoms with Crippen LogP contribution in [0.5, 0.6) is 0 Å². The van der Waals surface area contributed by atoms with Crippen LogP contribution >= 0.6 is 11.6 Å². The van der Waals surface area contributed by atoms with Crippen LogP contribution in [0.25, 0.3) is 11.5 Å². The summed E-state index contributed by atoms with van der Waals surface area (Å²) in [7, 11) is 0. The summed E-state index contributed by atoms with van der Waals surface area (Å²) in [6.07, 6.45) is 0.246. The topological polar surface area (TPSA) is 68.0 Å². The van der Waals surface area contributed by atoms with Crippen LogP contribution in [-0.4, -0.2) is 16.1 Å². The lowest BCUT2D eigenvalue weighted by Crippen LogP contribution is -2.12. The zero-order valence-corrected chi connectivity index (χ0v) is 13.6. The normalized spacial score (nSPS) is 10.7. The first-order chi connectivity index (χ1) is 12.0. The molecule has 0 bridgehead atoms. The highest BCUT2D eigenvalue weighted by molar-refractivity contribution is 6.33. The van der Waals surface area contributed by atoms with E-state index in [9.17, 15) is 13.6 Å². The number of nitrogens with zero attached hydrogens (tertiary/aromatic N) is 2. The van der Waals surface area contributed by atoms with Gasteiger partial charge in [0.25, 0.3) is 0 Å². The molecule has 1 amide bonds. The number of hydrogen-bond donors (Lipinski definition) is 1. The molecule has 5 nitrogen and oxygen atoms in total. The van der Waals surface area contributed by atoms with Crippen molar-refractivity contribution in [1.82, 2.24) is 10.2 Å². The van der Waals surface area contributed by atoms with E-state index in [2.05, 4.69) is 15.5 Å². The number of aryl methyl sites for hydroxylation is 1. The van der Waals surface area contributed by atoms with E-state index in [0.717, 1.165) is 12.1 Å². The van der Waals surface area contributed by atoms with E-state index >= 15 is 0 Å². The van der Waals surface area contributed by atoms with Gasteiger partial charge in [0.2, 0.25) is 17.7 Å². The lowest BCUT2D eigenvalue weighted by atomic mass is 10.2. The van der Waals surface area contributed by atoms with Gasteiger partial charge in [0, 0.05) is 24.6 Å². The first-order valence-corrected chi connectivity index (χ1v) is 7.73. The quantitative estimate of drug-likeness (QED) is 0.736. The number of rotatable bonds is 5. The molecule has 3 aromatic rings. The Bertz CT molecular complexity index is 914. The van der Waals surface area contributed by atoms with Crippen LogP contribution in [0.1, 0.15) is 12.3 Å². The monoisotopic (exact) mass is 363 g/mol. The molecule has 0 saturated carbocycles. The van der Waals surface area contributed by atoms with Crippen LogP contribution in [0.4, 0.5) is 14.5 Å². The number of hydrogen-bond acceptors (Lipinski definition) is 4. The molecule has 0 aliphatic carbocycles. The third-order valence-corrected chi connectivity index (χ3v) is 3.67. The minimum absolute atomic E-state index is 0.0448. The van der Waals surface area contributed by atoms with E-state index in [0.29, 0.717) is 10.6 Å². The molecule has 0 aliphatic rings. The van der Waals surface area contributed by atoms with E-state index in [4.69, 9.17) is 16.0 Å². The van der Waals surface area contributed by atoms with Crippen molar-refractivity contribution in [3.05, 3.63) is 65.0 Å². The second kappa shape index (κ2) is 7.40. The van der Waals surface area contributed by atoms with E-state index in [-0.39, 0.29) is 36.2 Å². The van der Waals surface area contributed by atoms with E-state index < -0.39 is 11.6 Å². The summed E-state index contributed by atoms with van der Waals surface area (Å²) in [6.45, 7) is 0. The fourth-order valence-electron chi connectivity index (χ4n) is 2.12. The number of carbonyl (C=O) groups is 1. The third kappa shape index (κ3) is 4.19. The molecule has 1 aromatic heterocycles. The fourth-order valence-corrected chi connectivity index (χ4v) is 2.33. The molecule has 3 rings (SSSR count). The van der Waals surface area contributed by atoms with Crippen molar-refractivity contribution in [3.8, 4) is 11.5 Å². The Morgan fingerprint density at radius 3 is 2.68 bits per heavy atom. The van der Waals surface area contributed by atoms with Crippen molar-refractivity contribution in [3.63, 3.8) is 0 Å². The Hall–Kier alpha value is -2.80. The summed E-state index contributed by atoms with van der Waals surface area (Å²) in [4.78, 5) is 11.9. The summed E-state index contributed by atoms with van der Waals surface area (Å²) in [5.41, 5.74) is 0.778. The van der Waals surface area contributed by atoms with Crippen molar-refractivity contribution in [1.29, 1.82) is 0 Å². The molecule has 128 valence electrons. The minimum atomic E-state index is -1.03. The number of anilines is 1. The number of carbonyl (C=O) groups excluding carboxylic acids is 1. The molecule has 0 atom stereocenters. The second-order valence-corrected chi connectivity index (χ2v) is 5.57. The van der Waals surface area contributed by atoms with Crippen molar-refractivity contribution in [2.75, 3.05) is 5.32 Å². The maximum atomic E-state index is 13.1. The predicted molar refractivity (Wildman–Crippen MR) is 88.1 cm³/mol. The molecule has 0 aliphatic heterocycles. The minimum Gasteiger partial charge on any atom is -0.421 e. The zero-order valence-electron chi connectivity index (χ0n) is 12.8. The van der Waals surface area contributed by atoms with E-state index in [1.807, 2.05) is 0 Å². The lowest BCUT2D eigenvalue weighted by Gasteiger charge is -2.04. The average Bonchev–Trinajstić information content (AvgIpc) is 3.05. The Balaban J connectivity index is 1.59. The SMILES string of the molecule is O=C(CCc1nnc(-c2ccccc2Cl)o1)Nc1ccc(F)c(F)c1. The van der Waals surface area contributed by atoms with Gasteiger partial charge in [0.1, 0.15) is 0 Å². The Morgan fingerprint density at radius 1 is 1.12 bits per heavy atom. The summed E-state index contributed by atoms with van der Waals surface area (Å²) in [5.74, 6) is -1.85. The van der Waals surface area contributed by atoms with Gasteiger partial charge >= 0.3 is 0 Å². The van der Waals surface area contributed by atoms with Crippen molar-refractivity contribution in [2.45, 2.75) is 12.8 Å². The highest BCUT2D eigenvalue weighted by Crippen LogP contribution is 2.26. The van der Waals surface area contributed by atoms with Gasteiger partial charge in [-0.25, -0.2) is 8.78 Å². The number of halogens is 3. The second-order valence-electron chi connectivity index (χ2n) is 5.16. The maximum Gasteiger partial charge on any atom is 0.249 e. The average molecular weight is 364 g/mol. The van der Waals surface area contributed by atoms with E-state index in [1.165, 1.54) is 6.07 Å². The number of amides is 1. The molecule has 2 aromatic carbocycles. The van der Waals surface area contributed by atoms with Gasteiger partial charge in [-0.15, -0.1) is 10.2 Å². The van der Waals surface area contributed by atoms with Gasteiger partial charge in [-0.1, -0.05) is 23.7 Å². The first kappa shape index (κ1) is 17.0. The lowest BCUT2D eigenvalue weighted by molar-refractivity contribution is -0.116. The van der Waals surface area contributed by atoms with Crippen molar-refractivity contribution < 1.29 is 18.0 Å². The zero-order chi connectivity index (χ0) is 17.8. The van der Waals surface area contributed by atoms with Crippen molar-refractivity contribution >= 4 is 23.2 Å². The summed E-state index contributed by atoms with van der Waals surface area (Å²) < 4.78 is 31.4. The molecular formula is C17H12ClF2N3O2. The van der Waals surface area contributed by atoms with Crippen LogP contribution in [0, 0.1) is 11.6 Å². The van der Waals surface area contributed by atoms with Gasteiger partial charge < -0.3 is 9.73 Å². The predicted octanol–water partition coefficient (Wildman–Crippen LogP) is 4.24. The Morgan fingerprint density at radius 2 is 1.92 bits per heavy atom. The smallest absolute Gasteiger partial charge is 0.249 e. The molecule has 0 fully saturated rings. The van der Waals surface area contributed by atoms with E-state index in [1.54, 1.807) is 24.3 Å². The number of aromatic nitrogens is 2. The van der Waals surface area contributed by atoms with Crippen LogP contribution in [-0.2, 0) is 11.2 Å². The molecule has 0 saturated heterocycles. The molecule has 0 unspecified atom stereocenters. The van der Waals surface area contributed by atoms with Gasteiger partial charge in [-0.3, -0.25) is 4.79 Å². The summed E-state index contributed by atoms with van der Waals surface area (Å²) >= 11 is 6.06. The van der Waals surface area contributed by atoms with Crippen LogP contribution in [0.15, 0.2) is 46.9 Å². The van der Waals surface area contributed by atoms with Gasteiger partial charge in [-0.05, 0) is 24.3 Å². The highest BCUT2D eigenvalue weighted by Gasteiger charge is 2.13. The molecular weight excluding hydrogens is 352 g/mol. The fraction of sp³-hybridized carbons (Fsp3) is 0.118. The molecule has 1 heterocycles. The first-order valence-electron chi connectivity index (χ1n) is 7.35. The van der Waals surface area contributed by atoms with Gasteiger partial charge in [0.15, 0.2) is 11.6 Å². The number of nitrogens with one attached hydrogen (secondary N) is 1. The highest BCUT2D eigenvalue weighted by atomic mass is 35.5.